The molecule has 1 aromatic heterocycles. The van der Waals surface area contributed by atoms with Gasteiger partial charge in [-0.15, -0.1) is 0 Å². The minimum Gasteiger partial charge on any atom is -0.477 e. The molecular weight excluding hydrogens is 244 g/mol. The highest BCUT2D eigenvalue weighted by molar-refractivity contribution is 5.93. The van der Waals surface area contributed by atoms with Crippen molar-refractivity contribution in [3.05, 3.63) is 24.0 Å². The second-order valence-electron chi connectivity index (χ2n) is 4.47. The van der Waals surface area contributed by atoms with Gasteiger partial charge in [-0.1, -0.05) is 26.7 Å². The fraction of sp³-hybridized carbons (Fsp3) is 0.500. The summed E-state index contributed by atoms with van der Waals surface area (Å²) in [4.78, 5) is 26.4. The first-order chi connectivity index (χ1) is 9.08. The average molecular weight is 264 g/mol. The molecule has 1 heterocycles. The van der Waals surface area contributed by atoms with Crippen LogP contribution in [0.5, 0.6) is 0 Å². The molecule has 1 atom stereocenters. The quantitative estimate of drug-likeness (QED) is 0.793. The van der Waals surface area contributed by atoms with Crippen LogP contribution in [0.25, 0.3) is 0 Å². The van der Waals surface area contributed by atoms with Gasteiger partial charge in [0, 0.05) is 5.92 Å². The van der Waals surface area contributed by atoms with Gasteiger partial charge in [0.25, 0.3) is 0 Å². The summed E-state index contributed by atoms with van der Waals surface area (Å²) in [6, 6.07) is 2.94. The predicted molar refractivity (Wildman–Crippen MR) is 73.1 cm³/mol. The van der Waals surface area contributed by atoms with E-state index in [1.165, 1.54) is 12.3 Å². The van der Waals surface area contributed by atoms with Crippen molar-refractivity contribution < 1.29 is 14.7 Å². The zero-order valence-corrected chi connectivity index (χ0v) is 11.3. The van der Waals surface area contributed by atoms with Crippen LogP contribution in [0.4, 0.5) is 5.69 Å². The maximum absolute atomic E-state index is 12.0. The number of nitrogens with one attached hydrogen (secondary N) is 1. The van der Waals surface area contributed by atoms with Crippen LogP contribution in [0.3, 0.4) is 0 Å². The van der Waals surface area contributed by atoms with Crippen molar-refractivity contribution in [2.24, 2.45) is 5.92 Å². The number of unbranched alkanes of at least 4 members (excludes halogenated alkanes) is 1. The number of anilines is 1. The highest BCUT2D eigenvalue weighted by Gasteiger charge is 2.16. The Morgan fingerprint density at radius 1 is 1.37 bits per heavy atom. The van der Waals surface area contributed by atoms with E-state index in [0.717, 1.165) is 25.7 Å². The van der Waals surface area contributed by atoms with E-state index in [0.29, 0.717) is 5.69 Å². The molecule has 0 saturated heterocycles. The van der Waals surface area contributed by atoms with Crippen molar-refractivity contribution in [1.29, 1.82) is 0 Å². The first-order valence-electron chi connectivity index (χ1n) is 6.58. The van der Waals surface area contributed by atoms with Crippen molar-refractivity contribution in [1.82, 2.24) is 4.98 Å². The Bertz CT molecular complexity index is 429. The molecule has 1 amide bonds. The topological polar surface area (TPSA) is 79.3 Å². The third-order valence-corrected chi connectivity index (χ3v) is 3.02. The molecule has 19 heavy (non-hydrogen) atoms. The number of aromatic nitrogens is 1. The van der Waals surface area contributed by atoms with Crippen LogP contribution in [0.2, 0.25) is 0 Å². The van der Waals surface area contributed by atoms with Crippen LogP contribution in [0, 0.1) is 5.92 Å². The number of amides is 1. The van der Waals surface area contributed by atoms with Gasteiger partial charge in [0.1, 0.15) is 5.69 Å². The monoisotopic (exact) mass is 264 g/mol. The lowest BCUT2D eigenvalue weighted by molar-refractivity contribution is -0.120. The molecule has 0 aliphatic heterocycles. The lowest BCUT2D eigenvalue weighted by atomic mass is 9.98. The SMILES string of the molecule is CCCCC(CC)C(=O)Nc1ccc(C(=O)O)nc1. The average Bonchev–Trinajstić information content (AvgIpc) is 2.40. The zero-order valence-electron chi connectivity index (χ0n) is 11.3. The molecule has 0 aromatic carbocycles. The molecule has 5 nitrogen and oxygen atoms in total. The van der Waals surface area contributed by atoms with Crippen LogP contribution in [0.1, 0.15) is 50.0 Å². The molecule has 5 heteroatoms. The summed E-state index contributed by atoms with van der Waals surface area (Å²) in [6.07, 6.45) is 5.14. The lowest BCUT2D eigenvalue weighted by Gasteiger charge is -2.14. The zero-order chi connectivity index (χ0) is 14.3. The van der Waals surface area contributed by atoms with Crippen LogP contribution in [-0.4, -0.2) is 22.0 Å². The van der Waals surface area contributed by atoms with Gasteiger partial charge in [-0.2, -0.15) is 0 Å². The Morgan fingerprint density at radius 3 is 2.58 bits per heavy atom. The summed E-state index contributed by atoms with van der Waals surface area (Å²) in [5.74, 6) is -1.10. The van der Waals surface area contributed by atoms with Gasteiger partial charge in [-0.05, 0) is 25.0 Å². The molecule has 0 aliphatic rings. The Balaban J connectivity index is 2.62. The van der Waals surface area contributed by atoms with Crippen molar-refractivity contribution in [3.8, 4) is 0 Å². The van der Waals surface area contributed by atoms with Crippen molar-refractivity contribution in [3.63, 3.8) is 0 Å². The Morgan fingerprint density at radius 2 is 2.11 bits per heavy atom. The van der Waals surface area contributed by atoms with E-state index >= 15 is 0 Å². The van der Waals surface area contributed by atoms with E-state index in [4.69, 9.17) is 5.11 Å². The van der Waals surface area contributed by atoms with E-state index in [2.05, 4.69) is 17.2 Å². The van der Waals surface area contributed by atoms with Gasteiger partial charge in [-0.25, -0.2) is 9.78 Å². The lowest BCUT2D eigenvalue weighted by Crippen LogP contribution is -2.22. The highest BCUT2D eigenvalue weighted by atomic mass is 16.4. The fourth-order valence-corrected chi connectivity index (χ4v) is 1.81. The van der Waals surface area contributed by atoms with E-state index in [1.807, 2.05) is 6.92 Å². The molecule has 2 N–H and O–H groups in total. The summed E-state index contributed by atoms with van der Waals surface area (Å²) < 4.78 is 0. The number of carbonyl (C=O) groups is 2. The number of rotatable bonds is 7. The summed E-state index contributed by atoms with van der Waals surface area (Å²) in [5, 5.41) is 11.5. The number of carboxylic acids is 1. The molecule has 0 fully saturated rings. The minimum atomic E-state index is -1.08. The molecule has 1 aromatic rings. The first-order valence-corrected chi connectivity index (χ1v) is 6.58. The third kappa shape index (κ3) is 4.69. The second-order valence-corrected chi connectivity index (χ2v) is 4.47. The standard InChI is InChI=1S/C14H20N2O3/c1-3-5-6-10(4-2)13(17)16-11-7-8-12(14(18)19)15-9-11/h7-10H,3-6H2,1-2H3,(H,16,17)(H,18,19). The van der Waals surface area contributed by atoms with Crippen molar-refractivity contribution in [2.45, 2.75) is 39.5 Å². The largest absolute Gasteiger partial charge is 0.477 e. The van der Waals surface area contributed by atoms with Gasteiger partial charge in [0.05, 0.1) is 11.9 Å². The van der Waals surface area contributed by atoms with Crippen molar-refractivity contribution in [2.75, 3.05) is 5.32 Å². The Hall–Kier alpha value is -1.91. The molecule has 0 aliphatic carbocycles. The van der Waals surface area contributed by atoms with Gasteiger partial charge in [-0.3, -0.25) is 4.79 Å². The molecular formula is C14H20N2O3. The molecule has 0 bridgehead atoms. The van der Waals surface area contributed by atoms with Crippen LogP contribution < -0.4 is 5.32 Å². The first kappa shape index (κ1) is 15.1. The predicted octanol–water partition coefficient (Wildman–Crippen LogP) is 2.93. The molecule has 0 radical (unpaired) electrons. The van der Waals surface area contributed by atoms with Crippen LogP contribution in [0.15, 0.2) is 18.3 Å². The van der Waals surface area contributed by atoms with E-state index in [-0.39, 0.29) is 17.5 Å². The minimum absolute atomic E-state index is 0.000833. The summed E-state index contributed by atoms with van der Waals surface area (Å²) in [7, 11) is 0. The van der Waals surface area contributed by atoms with E-state index in [1.54, 1.807) is 6.07 Å². The number of aromatic carboxylic acids is 1. The Labute approximate surface area is 113 Å². The second kappa shape index (κ2) is 7.51. The third-order valence-electron chi connectivity index (χ3n) is 3.02. The number of carboxylic acid groups (broad SMARTS) is 1. The van der Waals surface area contributed by atoms with Crippen molar-refractivity contribution >= 4 is 17.6 Å². The summed E-state index contributed by atoms with van der Waals surface area (Å²) in [6.45, 7) is 4.09. The van der Waals surface area contributed by atoms with Crippen LogP contribution in [-0.2, 0) is 4.79 Å². The molecule has 1 unspecified atom stereocenters. The van der Waals surface area contributed by atoms with E-state index in [9.17, 15) is 9.59 Å². The van der Waals surface area contributed by atoms with E-state index < -0.39 is 5.97 Å². The van der Waals surface area contributed by atoms with Gasteiger partial charge in [0.2, 0.25) is 5.91 Å². The number of hydrogen-bond donors (Lipinski definition) is 2. The van der Waals surface area contributed by atoms with Gasteiger partial charge in [0.15, 0.2) is 0 Å². The maximum atomic E-state index is 12.0. The molecule has 0 spiro atoms. The molecule has 104 valence electrons. The number of hydrogen-bond acceptors (Lipinski definition) is 3. The fourth-order valence-electron chi connectivity index (χ4n) is 1.81. The smallest absolute Gasteiger partial charge is 0.354 e. The summed E-state index contributed by atoms with van der Waals surface area (Å²) >= 11 is 0. The summed E-state index contributed by atoms with van der Waals surface area (Å²) in [5.41, 5.74) is 0.501. The normalized spacial score (nSPS) is 11.9. The Kier molecular flexibility index (Phi) is 5.99. The molecule has 0 saturated carbocycles. The van der Waals surface area contributed by atoms with Gasteiger partial charge >= 0.3 is 5.97 Å². The number of nitrogens with zero attached hydrogens (tertiary/aromatic N) is 1. The highest BCUT2D eigenvalue weighted by Crippen LogP contribution is 2.16. The van der Waals surface area contributed by atoms with Gasteiger partial charge < -0.3 is 10.4 Å². The number of pyridine rings is 1. The maximum Gasteiger partial charge on any atom is 0.354 e. The molecule has 1 rings (SSSR count). The van der Waals surface area contributed by atoms with Crippen LogP contribution >= 0.6 is 0 Å². The number of carbonyl (C=O) groups excluding carboxylic acids is 1.